The highest BCUT2D eigenvalue weighted by atomic mass is 32.2. The minimum absolute atomic E-state index is 0.0153. The second kappa shape index (κ2) is 6.54. The summed E-state index contributed by atoms with van der Waals surface area (Å²) in [5.41, 5.74) is 0.998. The lowest BCUT2D eigenvalue weighted by Gasteiger charge is -2.06. The quantitative estimate of drug-likeness (QED) is 0.863. The SMILES string of the molecule is O=C(CSc1ccccc1)NCc1ccc2c(c1)OCO2. The molecule has 1 N–H and O–H groups in total. The summed E-state index contributed by atoms with van der Waals surface area (Å²) in [7, 11) is 0. The Morgan fingerprint density at radius 1 is 1.10 bits per heavy atom. The third kappa shape index (κ3) is 3.70. The molecule has 3 rings (SSSR count). The molecule has 1 amide bonds. The van der Waals surface area contributed by atoms with Crippen molar-refractivity contribution in [2.24, 2.45) is 0 Å². The van der Waals surface area contributed by atoms with E-state index in [1.165, 1.54) is 11.8 Å². The molecular weight excluding hydrogens is 286 g/mol. The average Bonchev–Trinajstić information content (AvgIpc) is 2.99. The van der Waals surface area contributed by atoms with Gasteiger partial charge in [0.1, 0.15) is 0 Å². The highest BCUT2D eigenvalue weighted by Gasteiger charge is 2.13. The topological polar surface area (TPSA) is 47.6 Å². The number of fused-ring (bicyclic) bond motifs is 1. The van der Waals surface area contributed by atoms with Gasteiger partial charge in [0.15, 0.2) is 11.5 Å². The minimum Gasteiger partial charge on any atom is -0.454 e. The fourth-order valence-electron chi connectivity index (χ4n) is 1.97. The first-order valence-corrected chi connectivity index (χ1v) is 7.63. The fraction of sp³-hybridized carbons (Fsp3) is 0.188. The summed E-state index contributed by atoms with van der Waals surface area (Å²) in [6.07, 6.45) is 0. The van der Waals surface area contributed by atoms with E-state index in [1.807, 2.05) is 48.5 Å². The summed E-state index contributed by atoms with van der Waals surface area (Å²) in [5, 5.41) is 2.90. The monoisotopic (exact) mass is 301 g/mol. The largest absolute Gasteiger partial charge is 0.454 e. The van der Waals surface area contributed by atoms with Crippen molar-refractivity contribution in [3.05, 3.63) is 54.1 Å². The van der Waals surface area contributed by atoms with Crippen molar-refractivity contribution in [1.29, 1.82) is 0 Å². The van der Waals surface area contributed by atoms with Gasteiger partial charge in [0.25, 0.3) is 0 Å². The van der Waals surface area contributed by atoms with Crippen LogP contribution in [0.25, 0.3) is 0 Å². The Kier molecular flexibility index (Phi) is 4.31. The number of amides is 1. The first-order chi connectivity index (χ1) is 10.3. The predicted octanol–water partition coefficient (Wildman–Crippen LogP) is 2.82. The molecule has 21 heavy (non-hydrogen) atoms. The number of thioether (sulfide) groups is 1. The molecule has 0 aliphatic carbocycles. The van der Waals surface area contributed by atoms with Crippen molar-refractivity contribution in [3.8, 4) is 11.5 Å². The highest BCUT2D eigenvalue weighted by Crippen LogP contribution is 2.32. The standard InChI is InChI=1S/C16H15NO3S/c18-16(10-21-13-4-2-1-3-5-13)17-9-12-6-7-14-15(8-12)20-11-19-14/h1-8H,9-11H2,(H,17,18). The maximum Gasteiger partial charge on any atom is 0.231 e. The van der Waals surface area contributed by atoms with Crippen molar-refractivity contribution in [3.63, 3.8) is 0 Å². The Hall–Kier alpha value is -2.14. The normalized spacial score (nSPS) is 12.2. The van der Waals surface area contributed by atoms with Gasteiger partial charge >= 0.3 is 0 Å². The molecule has 108 valence electrons. The first-order valence-electron chi connectivity index (χ1n) is 6.64. The molecule has 1 aliphatic heterocycles. The van der Waals surface area contributed by atoms with Gasteiger partial charge in [-0.15, -0.1) is 11.8 Å². The first kappa shape index (κ1) is 13.8. The molecule has 0 saturated carbocycles. The van der Waals surface area contributed by atoms with Crippen LogP contribution in [0.2, 0.25) is 0 Å². The van der Waals surface area contributed by atoms with Crippen LogP contribution in [0, 0.1) is 0 Å². The summed E-state index contributed by atoms with van der Waals surface area (Å²) < 4.78 is 10.6. The molecular formula is C16H15NO3S. The molecule has 0 saturated heterocycles. The molecule has 2 aromatic rings. The summed E-state index contributed by atoms with van der Waals surface area (Å²) in [6, 6.07) is 15.6. The number of carbonyl (C=O) groups excluding carboxylic acids is 1. The van der Waals surface area contributed by atoms with Gasteiger partial charge in [0.2, 0.25) is 12.7 Å². The molecule has 4 nitrogen and oxygen atoms in total. The predicted molar refractivity (Wildman–Crippen MR) is 81.6 cm³/mol. The smallest absolute Gasteiger partial charge is 0.231 e. The number of nitrogens with one attached hydrogen (secondary N) is 1. The minimum atomic E-state index is 0.0153. The third-order valence-corrected chi connectivity index (χ3v) is 4.05. The van der Waals surface area contributed by atoms with Crippen molar-refractivity contribution in [1.82, 2.24) is 5.32 Å². The van der Waals surface area contributed by atoms with E-state index in [0.29, 0.717) is 12.3 Å². The molecule has 1 aliphatic rings. The van der Waals surface area contributed by atoms with Crippen LogP contribution in [0.3, 0.4) is 0 Å². The van der Waals surface area contributed by atoms with Crippen LogP contribution < -0.4 is 14.8 Å². The van der Waals surface area contributed by atoms with Crippen molar-refractivity contribution in [2.75, 3.05) is 12.5 Å². The Labute approximate surface area is 127 Å². The molecule has 0 unspecified atom stereocenters. The van der Waals surface area contributed by atoms with E-state index in [9.17, 15) is 4.79 Å². The molecule has 1 heterocycles. The summed E-state index contributed by atoms with van der Waals surface area (Å²) in [4.78, 5) is 12.9. The van der Waals surface area contributed by atoms with E-state index in [1.54, 1.807) is 0 Å². The van der Waals surface area contributed by atoms with Gasteiger partial charge in [-0.25, -0.2) is 0 Å². The average molecular weight is 301 g/mol. The second-order valence-corrected chi connectivity index (χ2v) is 5.61. The van der Waals surface area contributed by atoms with Gasteiger partial charge in [-0.1, -0.05) is 24.3 Å². The zero-order chi connectivity index (χ0) is 14.5. The Morgan fingerprint density at radius 2 is 1.90 bits per heavy atom. The molecule has 0 spiro atoms. The lowest BCUT2D eigenvalue weighted by molar-refractivity contribution is -0.118. The van der Waals surface area contributed by atoms with E-state index in [-0.39, 0.29) is 12.7 Å². The fourth-order valence-corrected chi connectivity index (χ4v) is 2.72. The van der Waals surface area contributed by atoms with Crippen LogP contribution in [0.5, 0.6) is 11.5 Å². The second-order valence-electron chi connectivity index (χ2n) is 4.57. The van der Waals surface area contributed by atoms with Gasteiger partial charge < -0.3 is 14.8 Å². The lowest BCUT2D eigenvalue weighted by atomic mass is 10.2. The van der Waals surface area contributed by atoms with Crippen molar-refractivity contribution >= 4 is 17.7 Å². The number of hydrogen-bond donors (Lipinski definition) is 1. The Balaban J connectivity index is 1.47. The van der Waals surface area contributed by atoms with E-state index in [0.717, 1.165) is 22.0 Å². The van der Waals surface area contributed by atoms with Crippen LogP contribution in [-0.2, 0) is 11.3 Å². The number of benzene rings is 2. The molecule has 0 aromatic heterocycles. The maximum atomic E-state index is 11.8. The zero-order valence-corrected chi connectivity index (χ0v) is 12.2. The maximum absolute atomic E-state index is 11.8. The van der Waals surface area contributed by atoms with Crippen molar-refractivity contribution < 1.29 is 14.3 Å². The number of ether oxygens (including phenoxy) is 2. The van der Waals surface area contributed by atoms with E-state index in [4.69, 9.17) is 9.47 Å². The van der Waals surface area contributed by atoms with E-state index < -0.39 is 0 Å². The highest BCUT2D eigenvalue weighted by molar-refractivity contribution is 8.00. The van der Waals surface area contributed by atoms with Gasteiger partial charge in [0.05, 0.1) is 5.75 Å². The third-order valence-electron chi connectivity index (χ3n) is 3.04. The molecule has 5 heteroatoms. The molecule has 0 atom stereocenters. The van der Waals surface area contributed by atoms with Crippen LogP contribution in [-0.4, -0.2) is 18.5 Å². The van der Waals surface area contributed by atoms with Gasteiger partial charge in [-0.3, -0.25) is 4.79 Å². The molecule has 0 bridgehead atoms. The Morgan fingerprint density at radius 3 is 2.76 bits per heavy atom. The number of hydrogen-bond acceptors (Lipinski definition) is 4. The summed E-state index contributed by atoms with van der Waals surface area (Å²) >= 11 is 1.53. The van der Waals surface area contributed by atoms with Crippen LogP contribution in [0.1, 0.15) is 5.56 Å². The summed E-state index contributed by atoms with van der Waals surface area (Å²) in [6.45, 7) is 0.754. The number of carbonyl (C=O) groups is 1. The van der Waals surface area contributed by atoms with Crippen LogP contribution >= 0.6 is 11.8 Å². The number of rotatable bonds is 5. The van der Waals surface area contributed by atoms with Gasteiger partial charge in [0, 0.05) is 11.4 Å². The summed E-state index contributed by atoms with van der Waals surface area (Å²) in [5.74, 6) is 1.92. The van der Waals surface area contributed by atoms with E-state index >= 15 is 0 Å². The lowest BCUT2D eigenvalue weighted by Crippen LogP contribution is -2.24. The Bertz CT molecular complexity index is 631. The van der Waals surface area contributed by atoms with Crippen LogP contribution in [0.4, 0.5) is 0 Å². The molecule has 0 fully saturated rings. The van der Waals surface area contributed by atoms with Crippen LogP contribution in [0.15, 0.2) is 53.4 Å². The van der Waals surface area contributed by atoms with E-state index in [2.05, 4.69) is 5.32 Å². The molecule has 0 radical (unpaired) electrons. The van der Waals surface area contributed by atoms with Crippen molar-refractivity contribution in [2.45, 2.75) is 11.4 Å². The van der Waals surface area contributed by atoms with Gasteiger partial charge in [-0.05, 0) is 29.8 Å². The molecule has 2 aromatic carbocycles. The van der Waals surface area contributed by atoms with Gasteiger partial charge in [-0.2, -0.15) is 0 Å². The zero-order valence-electron chi connectivity index (χ0n) is 11.4.